The lowest BCUT2D eigenvalue weighted by molar-refractivity contribution is -0.119. The molecule has 1 aliphatic rings. The van der Waals surface area contributed by atoms with Crippen molar-refractivity contribution >= 4 is 22.3 Å². The van der Waals surface area contributed by atoms with Gasteiger partial charge in [-0.05, 0) is 26.7 Å². The quantitative estimate of drug-likeness (QED) is 0.788. The molecule has 0 spiro atoms. The molecule has 1 heterocycles. The average Bonchev–Trinajstić information content (AvgIpc) is 2.85. The molecule has 1 fully saturated rings. The van der Waals surface area contributed by atoms with Crippen LogP contribution in [-0.2, 0) is 10.2 Å². The van der Waals surface area contributed by atoms with Gasteiger partial charge in [-0.25, -0.2) is 4.98 Å². The third-order valence-corrected chi connectivity index (χ3v) is 4.56. The van der Waals surface area contributed by atoms with E-state index in [9.17, 15) is 4.79 Å². The molecule has 0 aliphatic heterocycles. The van der Waals surface area contributed by atoms with Gasteiger partial charge in [0.15, 0.2) is 5.13 Å². The summed E-state index contributed by atoms with van der Waals surface area (Å²) in [5.41, 5.74) is 0.854. The molecule has 0 atom stereocenters. The maximum atomic E-state index is 11.6. The highest BCUT2D eigenvalue weighted by atomic mass is 32.1. The molecule has 1 saturated carbocycles. The average molecular weight is 224 g/mol. The maximum absolute atomic E-state index is 11.6. The second kappa shape index (κ2) is 3.30. The van der Waals surface area contributed by atoms with E-state index in [1.165, 1.54) is 4.88 Å². The molecule has 0 radical (unpaired) electrons. The minimum Gasteiger partial charge on any atom is -0.354 e. The largest absolute Gasteiger partial charge is 0.354 e. The molecule has 15 heavy (non-hydrogen) atoms. The number of aromatic nitrogens is 1. The first kappa shape index (κ1) is 10.6. The van der Waals surface area contributed by atoms with E-state index in [0.717, 1.165) is 23.7 Å². The Morgan fingerprint density at radius 1 is 1.47 bits per heavy atom. The second-order valence-electron chi connectivity index (χ2n) is 4.44. The first-order valence-electron chi connectivity index (χ1n) is 5.13. The van der Waals surface area contributed by atoms with Gasteiger partial charge in [0.05, 0.1) is 11.1 Å². The molecule has 4 heteroatoms. The summed E-state index contributed by atoms with van der Waals surface area (Å²) in [6, 6.07) is 0. The second-order valence-corrected chi connectivity index (χ2v) is 5.42. The topological polar surface area (TPSA) is 33.2 Å². The van der Waals surface area contributed by atoms with E-state index in [0.29, 0.717) is 5.78 Å². The predicted molar refractivity (Wildman–Crippen MR) is 62.8 cm³/mol. The molecular weight excluding hydrogens is 208 g/mol. The summed E-state index contributed by atoms with van der Waals surface area (Å²) in [5, 5.41) is 0.995. The Bertz CT molecular complexity index is 405. The van der Waals surface area contributed by atoms with Gasteiger partial charge in [-0.15, -0.1) is 11.3 Å². The van der Waals surface area contributed by atoms with Crippen LogP contribution < -0.4 is 4.90 Å². The van der Waals surface area contributed by atoms with Crippen LogP contribution in [0.15, 0.2) is 0 Å². The number of thiazole rings is 1. The summed E-state index contributed by atoms with van der Waals surface area (Å²) in [4.78, 5) is 19.3. The highest BCUT2D eigenvalue weighted by molar-refractivity contribution is 7.16. The summed E-state index contributed by atoms with van der Waals surface area (Å²) in [7, 11) is 3.96. The Kier molecular flexibility index (Phi) is 2.34. The predicted octanol–water partition coefficient (Wildman–Crippen LogP) is 2.14. The molecule has 1 aromatic heterocycles. The number of carbonyl (C=O) groups is 1. The molecule has 1 aliphatic carbocycles. The molecule has 0 amide bonds. The zero-order valence-electron chi connectivity index (χ0n) is 9.63. The number of hydrogen-bond acceptors (Lipinski definition) is 4. The lowest BCUT2D eigenvalue weighted by atomic mass is 9.99. The van der Waals surface area contributed by atoms with E-state index in [-0.39, 0.29) is 5.41 Å². The number of nitrogens with zero attached hydrogens (tertiary/aromatic N) is 2. The van der Waals surface area contributed by atoms with Gasteiger partial charge in [-0.3, -0.25) is 4.79 Å². The Morgan fingerprint density at radius 2 is 2.07 bits per heavy atom. The van der Waals surface area contributed by atoms with E-state index in [2.05, 4.69) is 4.98 Å². The summed E-state index contributed by atoms with van der Waals surface area (Å²) in [6.07, 6.45) is 2.00. The normalized spacial score (nSPS) is 17.6. The third-order valence-electron chi connectivity index (χ3n) is 3.03. The van der Waals surface area contributed by atoms with Gasteiger partial charge >= 0.3 is 0 Å². The highest BCUT2D eigenvalue weighted by Gasteiger charge is 2.51. The van der Waals surface area contributed by atoms with Gasteiger partial charge in [0.2, 0.25) is 0 Å². The van der Waals surface area contributed by atoms with Crippen LogP contribution in [0.4, 0.5) is 5.13 Å². The number of Topliss-reactive ketones (excluding diaryl/α,β-unsaturated/α-hetero) is 1. The standard InChI is InChI=1S/C11H16N2OS/c1-7-9(11(5-6-11)8(2)14)15-10(12-7)13(3)4/h5-6H2,1-4H3. The van der Waals surface area contributed by atoms with Crippen molar-refractivity contribution in [3.63, 3.8) is 0 Å². The SMILES string of the molecule is CC(=O)C1(c2sc(N(C)C)nc2C)CC1. The Morgan fingerprint density at radius 3 is 2.40 bits per heavy atom. The van der Waals surface area contributed by atoms with Crippen LogP contribution in [-0.4, -0.2) is 24.9 Å². The summed E-state index contributed by atoms with van der Waals surface area (Å²) >= 11 is 1.66. The summed E-state index contributed by atoms with van der Waals surface area (Å²) in [6.45, 7) is 3.70. The van der Waals surface area contributed by atoms with Crippen LogP contribution in [0, 0.1) is 6.92 Å². The van der Waals surface area contributed by atoms with Crippen molar-refractivity contribution in [2.24, 2.45) is 0 Å². The summed E-state index contributed by atoms with van der Waals surface area (Å²) in [5.74, 6) is 0.291. The maximum Gasteiger partial charge on any atom is 0.185 e. The first-order chi connectivity index (χ1) is 6.97. The molecule has 1 aromatic rings. The van der Waals surface area contributed by atoms with Gasteiger partial charge in [0.1, 0.15) is 5.78 Å². The van der Waals surface area contributed by atoms with Crippen molar-refractivity contribution in [3.05, 3.63) is 10.6 Å². The van der Waals surface area contributed by atoms with Gasteiger partial charge in [-0.1, -0.05) is 0 Å². The minimum atomic E-state index is -0.171. The van der Waals surface area contributed by atoms with E-state index in [1.54, 1.807) is 18.3 Å². The number of rotatable bonds is 3. The van der Waals surface area contributed by atoms with Crippen LogP contribution >= 0.6 is 11.3 Å². The highest BCUT2D eigenvalue weighted by Crippen LogP contribution is 2.52. The van der Waals surface area contributed by atoms with E-state index in [1.807, 2.05) is 25.9 Å². The number of aryl methyl sites for hydroxylation is 1. The third kappa shape index (κ3) is 1.57. The van der Waals surface area contributed by atoms with Crippen molar-refractivity contribution in [2.45, 2.75) is 32.1 Å². The minimum absolute atomic E-state index is 0.171. The fourth-order valence-corrected chi connectivity index (χ4v) is 3.17. The monoisotopic (exact) mass is 224 g/mol. The Labute approximate surface area is 94.1 Å². The van der Waals surface area contributed by atoms with Gasteiger partial charge < -0.3 is 4.90 Å². The number of hydrogen-bond donors (Lipinski definition) is 0. The van der Waals surface area contributed by atoms with E-state index >= 15 is 0 Å². The van der Waals surface area contributed by atoms with Crippen molar-refractivity contribution in [2.75, 3.05) is 19.0 Å². The van der Waals surface area contributed by atoms with Crippen LogP contribution in [0.5, 0.6) is 0 Å². The lowest BCUT2D eigenvalue weighted by Gasteiger charge is -2.09. The van der Waals surface area contributed by atoms with Gasteiger partial charge in [0.25, 0.3) is 0 Å². The van der Waals surface area contributed by atoms with Crippen LogP contribution in [0.2, 0.25) is 0 Å². The van der Waals surface area contributed by atoms with E-state index in [4.69, 9.17) is 0 Å². The molecule has 0 unspecified atom stereocenters. The fraction of sp³-hybridized carbons (Fsp3) is 0.636. The zero-order chi connectivity index (χ0) is 11.2. The molecule has 2 rings (SSSR count). The molecular formula is C11H16N2OS. The first-order valence-corrected chi connectivity index (χ1v) is 5.95. The van der Waals surface area contributed by atoms with Crippen molar-refractivity contribution in [1.82, 2.24) is 4.98 Å². The van der Waals surface area contributed by atoms with Crippen molar-refractivity contribution in [1.29, 1.82) is 0 Å². The molecule has 0 bridgehead atoms. The van der Waals surface area contributed by atoms with Gasteiger partial charge in [-0.2, -0.15) is 0 Å². The van der Waals surface area contributed by atoms with Crippen molar-refractivity contribution in [3.8, 4) is 0 Å². The Balaban J connectivity index is 2.41. The van der Waals surface area contributed by atoms with Crippen LogP contribution in [0.3, 0.4) is 0 Å². The van der Waals surface area contributed by atoms with Crippen LogP contribution in [0.1, 0.15) is 30.3 Å². The molecule has 82 valence electrons. The fourth-order valence-electron chi connectivity index (χ4n) is 1.88. The summed E-state index contributed by atoms with van der Waals surface area (Å²) < 4.78 is 0. The molecule has 0 saturated heterocycles. The number of anilines is 1. The molecule has 0 N–H and O–H groups in total. The van der Waals surface area contributed by atoms with Gasteiger partial charge in [0, 0.05) is 19.0 Å². The lowest BCUT2D eigenvalue weighted by Crippen LogP contribution is -2.16. The number of carbonyl (C=O) groups excluding carboxylic acids is 1. The molecule has 0 aromatic carbocycles. The van der Waals surface area contributed by atoms with E-state index < -0.39 is 0 Å². The van der Waals surface area contributed by atoms with Crippen LogP contribution in [0.25, 0.3) is 0 Å². The smallest absolute Gasteiger partial charge is 0.185 e. The number of ketones is 1. The zero-order valence-corrected chi connectivity index (χ0v) is 10.4. The molecule has 3 nitrogen and oxygen atoms in total. The van der Waals surface area contributed by atoms with Crippen molar-refractivity contribution < 1.29 is 4.79 Å². The Hall–Kier alpha value is -0.900.